The molecule has 0 radical (unpaired) electrons. The van der Waals surface area contributed by atoms with Gasteiger partial charge >= 0.3 is 11.7 Å². The van der Waals surface area contributed by atoms with Crippen molar-refractivity contribution in [2.75, 3.05) is 7.11 Å². The van der Waals surface area contributed by atoms with Crippen molar-refractivity contribution in [1.29, 1.82) is 0 Å². The molecule has 0 N–H and O–H groups in total. The van der Waals surface area contributed by atoms with E-state index in [0.29, 0.717) is 12.0 Å². The maximum absolute atomic E-state index is 13.3. The molecule has 0 bridgehead atoms. The lowest BCUT2D eigenvalue weighted by Crippen LogP contribution is -2.04. The number of benzene rings is 1. The van der Waals surface area contributed by atoms with Crippen LogP contribution in [0.2, 0.25) is 0 Å². The summed E-state index contributed by atoms with van der Waals surface area (Å²) in [5.41, 5.74) is 0.0486. The van der Waals surface area contributed by atoms with Crippen molar-refractivity contribution in [1.82, 2.24) is 0 Å². The van der Waals surface area contributed by atoms with E-state index >= 15 is 0 Å². The number of carbonyl (C=O) groups is 1. The van der Waals surface area contributed by atoms with Crippen LogP contribution in [-0.4, -0.2) is 18.0 Å². The van der Waals surface area contributed by atoms with Crippen LogP contribution in [-0.2, 0) is 9.53 Å². The first-order chi connectivity index (χ1) is 8.04. The number of nitro benzene ring substituents is 1. The lowest BCUT2D eigenvalue weighted by Gasteiger charge is -2.00. The van der Waals surface area contributed by atoms with E-state index in [9.17, 15) is 19.3 Å². The van der Waals surface area contributed by atoms with Crippen LogP contribution < -0.4 is 0 Å². The molecule has 0 spiro atoms. The summed E-state index contributed by atoms with van der Waals surface area (Å²) in [6.45, 7) is 0. The zero-order valence-electron chi connectivity index (χ0n) is 9.05. The van der Waals surface area contributed by atoms with E-state index in [0.717, 1.165) is 12.1 Å². The average molecular weight is 239 g/mol. The van der Waals surface area contributed by atoms with Crippen molar-refractivity contribution in [2.45, 2.75) is 12.3 Å². The SMILES string of the molecule is COC(=O)C1CC1c1ccc([N+](=O)[O-])c(F)c1. The summed E-state index contributed by atoms with van der Waals surface area (Å²) < 4.78 is 17.9. The first kappa shape index (κ1) is 11.5. The second-order valence-electron chi connectivity index (χ2n) is 3.94. The second-order valence-corrected chi connectivity index (χ2v) is 3.94. The molecule has 2 rings (SSSR count). The van der Waals surface area contributed by atoms with Crippen LogP contribution in [0.3, 0.4) is 0 Å². The highest BCUT2D eigenvalue weighted by molar-refractivity contribution is 5.77. The normalized spacial score (nSPS) is 22.0. The number of hydrogen-bond acceptors (Lipinski definition) is 4. The number of nitro groups is 1. The molecule has 2 unspecified atom stereocenters. The molecule has 0 saturated heterocycles. The van der Waals surface area contributed by atoms with Gasteiger partial charge in [-0.25, -0.2) is 0 Å². The summed E-state index contributed by atoms with van der Waals surface area (Å²) in [6, 6.07) is 3.72. The summed E-state index contributed by atoms with van der Waals surface area (Å²) in [4.78, 5) is 20.8. The molecular formula is C11H10FNO4. The zero-order chi connectivity index (χ0) is 12.6. The average Bonchev–Trinajstić information content (AvgIpc) is 3.07. The third kappa shape index (κ3) is 2.11. The van der Waals surface area contributed by atoms with Gasteiger partial charge in [0.15, 0.2) is 0 Å². The van der Waals surface area contributed by atoms with Gasteiger partial charge in [-0.05, 0) is 24.0 Å². The summed E-state index contributed by atoms with van der Waals surface area (Å²) in [5.74, 6) is -1.53. The summed E-state index contributed by atoms with van der Waals surface area (Å²) in [7, 11) is 1.30. The maximum Gasteiger partial charge on any atom is 0.309 e. The van der Waals surface area contributed by atoms with Crippen LogP contribution in [0.15, 0.2) is 18.2 Å². The van der Waals surface area contributed by atoms with Crippen molar-refractivity contribution in [3.05, 3.63) is 39.7 Å². The van der Waals surface area contributed by atoms with Gasteiger partial charge in [0.05, 0.1) is 18.0 Å². The van der Waals surface area contributed by atoms with Gasteiger partial charge in [-0.3, -0.25) is 14.9 Å². The number of ether oxygens (including phenoxy) is 1. The lowest BCUT2D eigenvalue weighted by molar-refractivity contribution is -0.387. The Balaban J connectivity index is 2.18. The van der Waals surface area contributed by atoms with Crippen LogP contribution in [0.4, 0.5) is 10.1 Å². The topological polar surface area (TPSA) is 69.4 Å². The Labute approximate surface area is 96.3 Å². The smallest absolute Gasteiger partial charge is 0.309 e. The Morgan fingerprint density at radius 3 is 2.82 bits per heavy atom. The summed E-state index contributed by atoms with van der Waals surface area (Å²) in [6.07, 6.45) is 0.601. The maximum atomic E-state index is 13.3. The number of carbonyl (C=O) groups excluding carboxylic acids is 1. The largest absolute Gasteiger partial charge is 0.469 e. The molecule has 0 aromatic heterocycles. The first-order valence-corrected chi connectivity index (χ1v) is 5.06. The fraction of sp³-hybridized carbons (Fsp3) is 0.364. The molecule has 1 saturated carbocycles. The number of rotatable bonds is 3. The van der Waals surface area contributed by atoms with Crippen LogP contribution in [0.1, 0.15) is 17.9 Å². The highest BCUT2D eigenvalue weighted by Gasteiger charge is 2.45. The monoisotopic (exact) mass is 239 g/mol. The van der Waals surface area contributed by atoms with E-state index in [1.807, 2.05) is 0 Å². The van der Waals surface area contributed by atoms with E-state index < -0.39 is 16.4 Å². The number of halogens is 1. The predicted molar refractivity (Wildman–Crippen MR) is 55.9 cm³/mol. The van der Waals surface area contributed by atoms with E-state index in [1.54, 1.807) is 0 Å². The number of nitrogens with zero attached hydrogens (tertiary/aromatic N) is 1. The quantitative estimate of drug-likeness (QED) is 0.459. The summed E-state index contributed by atoms with van der Waals surface area (Å²) >= 11 is 0. The fourth-order valence-corrected chi connectivity index (χ4v) is 1.88. The molecule has 1 aromatic rings. The molecule has 90 valence electrons. The van der Waals surface area contributed by atoms with E-state index in [1.165, 1.54) is 13.2 Å². The van der Waals surface area contributed by atoms with E-state index in [4.69, 9.17) is 0 Å². The van der Waals surface area contributed by atoms with Gasteiger partial charge in [-0.1, -0.05) is 6.07 Å². The molecular weight excluding hydrogens is 229 g/mol. The van der Waals surface area contributed by atoms with Crippen LogP contribution in [0.5, 0.6) is 0 Å². The van der Waals surface area contributed by atoms with Gasteiger partial charge in [0, 0.05) is 6.07 Å². The van der Waals surface area contributed by atoms with Gasteiger partial charge in [-0.2, -0.15) is 4.39 Å². The van der Waals surface area contributed by atoms with E-state index in [-0.39, 0.29) is 17.8 Å². The molecule has 0 aliphatic heterocycles. The van der Waals surface area contributed by atoms with Crippen molar-refractivity contribution in [3.8, 4) is 0 Å². The molecule has 1 aliphatic rings. The Kier molecular flexibility index (Phi) is 2.79. The Morgan fingerprint density at radius 1 is 1.59 bits per heavy atom. The van der Waals surface area contributed by atoms with Crippen molar-refractivity contribution < 1.29 is 18.8 Å². The third-order valence-corrected chi connectivity index (χ3v) is 2.89. The van der Waals surface area contributed by atoms with E-state index in [2.05, 4.69) is 4.74 Å². The number of methoxy groups -OCH3 is 1. The molecule has 17 heavy (non-hydrogen) atoms. The first-order valence-electron chi connectivity index (χ1n) is 5.06. The molecule has 5 nitrogen and oxygen atoms in total. The number of hydrogen-bond donors (Lipinski definition) is 0. The molecule has 6 heteroatoms. The molecule has 0 heterocycles. The lowest BCUT2D eigenvalue weighted by atomic mass is 10.1. The molecule has 1 aromatic carbocycles. The van der Waals surface area contributed by atoms with Crippen LogP contribution in [0.25, 0.3) is 0 Å². The molecule has 1 fully saturated rings. The second kappa shape index (κ2) is 4.12. The minimum absolute atomic E-state index is 0.0854. The Morgan fingerprint density at radius 2 is 2.29 bits per heavy atom. The highest BCUT2D eigenvalue weighted by atomic mass is 19.1. The van der Waals surface area contributed by atoms with Crippen LogP contribution >= 0.6 is 0 Å². The molecule has 0 amide bonds. The minimum atomic E-state index is -0.872. The Bertz CT molecular complexity index is 488. The Hall–Kier alpha value is -1.98. The molecule has 2 atom stereocenters. The summed E-state index contributed by atoms with van der Waals surface area (Å²) in [5, 5.41) is 10.4. The van der Waals surface area contributed by atoms with Crippen molar-refractivity contribution >= 4 is 11.7 Å². The van der Waals surface area contributed by atoms with Gasteiger partial charge in [0.2, 0.25) is 5.82 Å². The van der Waals surface area contributed by atoms with Gasteiger partial charge in [0.1, 0.15) is 0 Å². The highest BCUT2D eigenvalue weighted by Crippen LogP contribution is 2.48. The van der Waals surface area contributed by atoms with Gasteiger partial charge < -0.3 is 4.74 Å². The van der Waals surface area contributed by atoms with Crippen LogP contribution in [0, 0.1) is 21.8 Å². The van der Waals surface area contributed by atoms with Crippen molar-refractivity contribution in [2.24, 2.45) is 5.92 Å². The molecule has 1 aliphatic carbocycles. The van der Waals surface area contributed by atoms with Crippen molar-refractivity contribution in [3.63, 3.8) is 0 Å². The zero-order valence-corrected chi connectivity index (χ0v) is 9.05. The van der Waals surface area contributed by atoms with Gasteiger partial charge in [-0.15, -0.1) is 0 Å². The van der Waals surface area contributed by atoms with Gasteiger partial charge in [0.25, 0.3) is 0 Å². The predicted octanol–water partition coefficient (Wildman–Crippen LogP) is 2.01. The standard InChI is InChI=1S/C11H10FNO4/c1-17-11(14)8-5-7(8)6-2-3-10(13(15)16)9(12)4-6/h2-4,7-8H,5H2,1H3. The third-order valence-electron chi connectivity index (χ3n) is 2.89. The fourth-order valence-electron chi connectivity index (χ4n) is 1.88. The number of esters is 1. The minimum Gasteiger partial charge on any atom is -0.469 e.